The Kier molecular flexibility index (Phi) is 5.01. The van der Waals surface area contributed by atoms with Crippen molar-refractivity contribution in [1.29, 1.82) is 0 Å². The molecule has 0 radical (unpaired) electrons. The summed E-state index contributed by atoms with van der Waals surface area (Å²) < 4.78 is 15.1. The second-order valence-electron chi connectivity index (χ2n) is 3.96. The highest BCUT2D eigenvalue weighted by molar-refractivity contribution is 5.78. The first-order chi connectivity index (χ1) is 7.16. The van der Waals surface area contributed by atoms with Crippen LogP contribution in [0.25, 0.3) is 0 Å². The molecule has 5 nitrogen and oxygen atoms in total. The molecule has 1 unspecified atom stereocenters. The molecule has 88 valence electrons. The zero-order valence-corrected chi connectivity index (χ0v) is 9.38. The first-order valence-corrected chi connectivity index (χ1v) is 5.12. The molecule has 0 saturated carbocycles. The van der Waals surface area contributed by atoms with E-state index in [-0.39, 0.29) is 18.1 Å². The van der Waals surface area contributed by atoms with Crippen LogP contribution in [0.3, 0.4) is 0 Å². The van der Waals surface area contributed by atoms with Crippen molar-refractivity contribution in [2.75, 3.05) is 40.1 Å². The van der Waals surface area contributed by atoms with Crippen molar-refractivity contribution in [2.24, 2.45) is 0 Å². The van der Waals surface area contributed by atoms with Gasteiger partial charge in [0.05, 0.1) is 25.4 Å². The predicted octanol–water partition coefficient (Wildman–Crippen LogP) is -0.0554. The minimum absolute atomic E-state index is 0.0823. The normalized spacial score (nSPS) is 25.5. The second-order valence-corrected chi connectivity index (χ2v) is 3.96. The van der Waals surface area contributed by atoms with E-state index in [1.165, 1.54) is 0 Å². The monoisotopic (exact) mass is 217 g/mol. The number of methoxy groups -OCH3 is 1. The number of carbonyl (C=O) groups is 1. The SMILES string of the molecule is COCCOCC(=O)NC1(C)CCOC1. The summed E-state index contributed by atoms with van der Waals surface area (Å²) in [6.07, 6.45) is 0.858. The summed E-state index contributed by atoms with van der Waals surface area (Å²) in [5.74, 6) is -0.0981. The molecule has 0 aromatic heterocycles. The number of rotatable bonds is 6. The third-order valence-corrected chi connectivity index (χ3v) is 2.32. The van der Waals surface area contributed by atoms with E-state index in [9.17, 15) is 4.79 Å². The lowest BCUT2D eigenvalue weighted by atomic mass is 10.0. The van der Waals surface area contributed by atoms with Gasteiger partial charge in [-0.3, -0.25) is 4.79 Å². The Hall–Kier alpha value is -0.650. The largest absolute Gasteiger partial charge is 0.382 e. The summed E-state index contributed by atoms with van der Waals surface area (Å²) in [6, 6.07) is 0. The van der Waals surface area contributed by atoms with Gasteiger partial charge in [-0.25, -0.2) is 0 Å². The van der Waals surface area contributed by atoms with Gasteiger partial charge in [0, 0.05) is 13.7 Å². The van der Waals surface area contributed by atoms with Crippen molar-refractivity contribution in [2.45, 2.75) is 18.9 Å². The highest BCUT2D eigenvalue weighted by atomic mass is 16.5. The van der Waals surface area contributed by atoms with Crippen LogP contribution in [-0.2, 0) is 19.0 Å². The second kappa shape index (κ2) is 6.05. The molecular formula is C10H19NO4. The van der Waals surface area contributed by atoms with Crippen LogP contribution < -0.4 is 5.32 Å². The number of hydrogen-bond donors (Lipinski definition) is 1. The Balaban J connectivity index is 2.12. The van der Waals surface area contributed by atoms with Crippen LogP contribution in [0.1, 0.15) is 13.3 Å². The standard InChI is InChI=1S/C10H19NO4/c1-10(3-4-15-8-10)11-9(12)7-14-6-5-13-2/h3-8H2,1-2H3,(H,11,12). The van der Waals surface area contributed by atoms with Crippen molar-refractivity contribution in [3.8, 4) is 0 Å². The Morgan fingerprint density at radius 1 is 1.53 bits per heavy atom. The van der Waals surface area contributed by atoms with Gasteiger partial charge in [0.15, 0.2) is 0 Å². The molecule has 0 spiro atoms. The molecule has 1 heterocycles. The van der Waals surface area contributed by atoms with Crippen LogP contribution in [0.5, 0.6) is 0 Å². The van der Waals surface area contributed by atoms with Crippen molar-refractivity contribution < 1.29 is 19.0 Å². The molecule has 5 heteroatoms. The fraction of sp³-hybridized carbons (Fsp3) is 0.900. The lowest BCUT2D eigenvalue weighted by Gasteiger charge is -2.23. The smallest absolute Gasteiger partial charge is 0.246 e. The quantitative estimate of drug-likeness (QED) is 0.633. The zero-order chi connectivity index (χ0) is 11.1. The molecule has 0 aromatic rings. The fourth-order valence-electron chi connectivity index (χ4n) is 1.45. The summed E-state index contributed by atoms with van der Waals surface area (Å²) >= 11 is 0. The molecule has 0 aliphatic carbocycles. The molecule has 0 aromatic carbocycles. The highest BCUT2D eigenvalue weighted by Gasteiger charge is 2.30. The van der Waals surface area contributed by atoms with E-state index in [4.69, 9.17) is 14.2 Å². The molecular weight excluding hydrogens is 198 g/mol. The average Bonchev–Trinajstić information content (AvgIpc) is 2.59. The van der Waals surface area contributed by atoms with Gasteiger partial charge in [0.25, 0.3) is 0 Å². The van der Waals surface area contributed by atoms with Crippen LogP contribution >= 0.6 is 0 Å². The van der Waals surface area contributed by atoms with Crippen LogP contribution in [0.4, 0.5) is 0 Å². The average molecular weight is 217 g/mol. The van der Waals surface area contributed by atoms with Crippen molar-refractivity contribution in [1.82, 2.24) is 5.32 Å². The molecule has 15 heavy (non-hydrogen) atoms. The van der Waals surface area contributed by atoms with Crippen LogP contribution in [0, 0.1) is 0 Å². The molecule has 1 N–H and O–H groups in total. The zero-order valence-electron chi connectivity index (χ0n) is 9.38. The first-order valence-electron chi connectivity index (χ1n) is 5.12. The molecule has 1 fully saturated rings. The summed E-state index contributed by atoms with van der Waals surface area (Å²) in [4.78, 5) is 11.4. The van der Waals surface area contributed by atoms with E-state index in [0.29, 0.717) is 26.4 Å². The van der Waals surface area contributed by atoms with Crippen molar-refractivity contribution in [3.05, 3.63) is 0 Å². The lowest BCUT2D eigenvalue weighted by molar-refractivity contribution is -0.127. The van der Waals surface area contributed by atoms with Gasteiger partial charge in [-0.05, 0) is 13.3 Å². The van der Waals surface area contributed by atoms with E-state index in [1.807, 2.05) is 6.92 Å². The fourth-order valence-corrected chi connectivity index (χ4v) is 1.45. The van der Waals surface area contributed by atoms with E-state index in [1.54, 1.807) is 7.11 Å². The van der Waals surface area contributed by atoms with Gasteiger partial charge in [-0.2, -0.15) is 0 Å². The van der Waals surface area contributed by atoms with Crippen molar-refractivity contribution in [3.63, 3.8) is 0 Å². The Labute approximate surface area is 90.1 Å². The van der Waals surface area contributed by atoms with Gasteiger partial charge in [0.1, 0.15) is 6.61 Å². The molecule has 1 atom stereocenters. The Morgan fingerprint density at radius 2 is 2.33 bits per heavy atom. The van der Waals surface area contributed by atoms with Crippen LogP contribution in [-0.4, -0.2) is 51.6 Å². The molecule has 0 bridgehead atoms. The van der Waals surface area contributed by atoms with Gasteiger partial charge >= 0.3 is 0 Å². The van der Waals surface area contributed by atoms with E-state index in [0.717, 1.165) is 6.42 Å². The van der Waals surface area contributed by atoms with Crippen LogP contribution in [0.2, 0.25) is 0 Å². The number of nitrogens with one attached hydrogen (secondary N) is 1. The Morgan fingerprint density at radius 3 is 2.93 bits per heavy atom. The number of carbonyl (C=O) groups excluding carboxylic acids is 1. The van der Waals surface area contributed by atoms with Gasteiger partial charge < -0.3 is 19.5 Å². The number of amides is 1. The summed E-state index contributed by atoms with van der Waals surface area (Å²) in [5.41, 5.74) is -0.221. The third kappa shape index (κ3) is 4.59. The summed E-state index contributed by atoms with van der Waals surface area (Å²) in [6.45, 7) is 4.30. The van der Waals surface area contributed by atoms with E-state index in [2.05, 4.69) is 5.32 Å². The topological polar surface area (TPSA) is 56.8 Å². The van der Waals surface area contributed by atoms with Crippen LogP contribution in [0.15, 0.2) is 0 Å². The number of ether oxygens (including phenoxy) is 3. The van der Waals surface area contributed by atoms with Gasteiger partial charge in [-0.1, -0.05) is 0 Å². The third-order valence-electron chi connectivity index (χ3n) is 2.32. The van der Waals surface area contributed by atoms with Crippen molar-refractivity contribution >= 4 is 5.91 Å². The minimum Gasteiger partial charge on any atom is -0.382 e. The molecule has 1 saturated heterocycles. The predicted molar refractivity (Wildman–Crippen MR) is 54.7 cm³/mol. The minimum atomic E-state index is -0.221. The maximum absolute atomic E-state index is 11.4. The van der Waals surface area contributed by atoms with Gasteiger partial charge in [0.2, 0.25) is 5.91 Å². The number of hydrogen-bond acceptors (Lipinski definition) is 4. The first kappa shape index (κ1) is 12.4. The molecule has 1 aliphatic rings. The summed E-state index contributed by atoms with van der Waals surface area (Å²) in [7, 11) is 1.60. The summed E-state index contributed by atoms with van der Waals surface area (Å²) in [5, 5.41) is 2.90. The Bertz CT molecular complexity index is 202. The maximum Gasteiger partial charge on any atom is 0.246 e. The highest BCUT2D eigenvalue weighted by Crippen LogP contribution is 2.16. The lowest BCUT2D eigenvalue weighted by Crippen LogP contribution is -2.47. The van der Waals surface area contributed by atoms with Gasteiger partial charge in [-0.15, -0.1) is 0 Å². The molecule has 1 amide bonds. The molecule has 1 aliphatic heterocycles. The van der Waals surface area contributed by atoms with E-state index >= 15 is 0 Å². The van der Waals surface area contributed by atoms with E-state index < -0.39 is 0 Å². The molecule has 1 rings (SSSR count). The maximum atomic E-state index is 11.4.